The Morgan fingerprint density at radius 2 is 1.70 bits per heavy atom. The van der Waals surface area contributed by atoms with Crippen LogP contribution in [0.3, 0.4) is 0 Å². The number of aromatic nitrogens is 1. The topological polar surface area (TPSA) is 56.6 Å². The molecule has 2 aromatic carbocycles. The second-order valence-corrected chi connectivity index (χ2v) is 5.16. The van der Waals surface area contributed by atoms with Crippen LogP contribution >= 0.6 is 0 Å². The molecule has 0 aliphatic carbocycles. The molecule has 0 amide bonds. The Morgan fingerprint density at radius 3 is 2.39 bits per heavy atom. The van der Waals surface area contributed by atoms with Crippen LogP contribution in [0.15, 0.2) is 65.5 Å². The summed E-state index contributed by atoms with van der Waals surface area (Å²) in [4.78, 5) is 15.1. The van der Waals surface area contributed by atoms with Crippen LogP contribution < -0.4 is 5.56 Å². The number of halogens is 1. The second kappa shape index (κ2) is 6.29. The van der Waals surface area contributed by atoms with Crippen LogP contribution in [0.1, 0.15) is 16.7 Å². The number of aromatic amines is 1. The number of pyridine rings is 1. The minimum absolute atomic E-state index is 0.145. The van der Waals surface area contributed by atoms with Crippen LogP contribution in [0, 0.1) is 17.1 Å². The van der Waals surface area contributed by atoms with E-state index in [0.29, 0.717) is 22.4 Å². The van der Waals surface area contributed by atoms with E-state index >= 15 is 0 Å². The van der Waals surface area contributed by atoms with Crippen LogP contribution in [0.25, 0.3) is 11.3 Å². The average molecular weight is 304 g/mol. The lowest BCUT2D eigenvalue weighted by atomic mass is 10.0. The smallest absolute Gasteiger partial charge is 0.252 e. The number of rotatable bonds is 3. The summed E-state index contributed by atoms with van der Waals surface area (Å²) in [5, 5.41) is 9.37. The van der Waals surface area contributed by atoms with Crippen molar-refractivity contribution in [2.24, 2.45) is 0 Å². The molecule has 0 atom stereocenters. The van der Waals surface area contributed by atoms with Crippen LogP contribution in [0.5, 0.6) is 0 Å². The maximum absolute atomic E-state index is 13.8. The van der Waals surface area contributed by atoms with Gasteiger partial charge in [-0.15, -0.1) is 0 Å². The normalized spacial score (nSPS) is 10.3. The lowest BCUT2D eigenvalue weighted by Gasteiger charge is -2.08. The third-order valence-electron chi connectivity index (χ3n) is 3.64. The predicted molar refractivity (Wildman–Crippen MR) is 86.4 cm³/mol. The van der Waals surface area contributed by atoms with Gasteiger partial charge in [-0.1, -0.05) is 48.5 Å². The first kappa shape index (κ1) is 14.7. The number of nitrogens with zero attached hydrogens (tertiary/aromatic N) is 1. The van der Waals surface area contributed by atoms with Crippen molar-refractivity contribution in [3.8, 4) is 17.3 Å². The first-order chi connectivity index (χ1) is 11.2. The van der Waals surface area contributed by atoms with E-state index in [1.54, 1.807) is 18.2 Å². The Hall–Kier alpha value is -3.19. The number of hydrogen-bond donors (Lipinski definition) is 1. The zero-order valence-electron chi connectivity index (χ0n) is 12.2. The van der Waals surface area contributed by atoms with Gasteiger partial charge in [0, 0.05) is 12.0 Å². The van der Waals surface area contributed by atoms with E-state index in [9.17, 15) is 14.4 Å². The highest BCUT2D eigenvalue weighted by Gasteiger charge is 2.12. The summed E-state index contributed by atoms with van der Waals surface area (Å²) in [7, 11) is 0. The van der Waals surface area contributed by atoms with Gasteiger partial charge in [0.1, 0.15) is 11.9 Å². The molecule has 112 valence electrons. The molecule has 0 spiro atoms. The lowest BCUT2D eigenvalue weighted by Crippen LogP contribution is -2.15. The summed E-state index contributed by atoms with van der Waals surface area (Å²) >= 11 is 0. The Balaban J connectivity index is 2.07. The van der Waals surface area contributed by atoms with Gasteiger partial charge in [-0.25, -0.2) is 4.39 Å². The molecular weight excluding hydrogens is 291 g/mol. The molecule has 3 aromatic rings. The zero-order chi connectivity index (χ0) is 16.2. The maximum Gasteiger partial charge on any atom is 0.252 e. The zero-order valence-corrected chi connectivity index (χ0v) is 12.2. The van der Waals surface area contributed by atoms with Gasteiger partial charge < -0.3 is 4.98 Å². The van der Waals surface area contributed by atoms with Gasteiger partial charge in [0.2, 0.25) is 0 Å². The molecule has 0 saturated carbocycles. The Labute approximate surface area is 132 Å². The van der Waals surface area contributed by atoms with E-state index < -0.39 is 0 Å². The van der Waals surface area contributed by atoms with E-state index in [1.807, 2.05) is 30.3 Å². The van der Waals surface area contributed by atoms with Gasteiger partial charge in [-0.3, -0.25) is 4.79 Å². The molecule has 1 N–H and O–H groups in total. The quantitative estimate of drug-likeness (QED) is 0.803. The van der Waals surface area contributed by atoms with E-state index in [0.717, 1.165) is 5.56 Å². The lowest BCUT2D eigenvalue weighted by molar-refractivity contribution is 0.613. The fraction of sp³-hybridized carbons (Fsp3) is 0.0526. The molecule has 0 aliphatic rings. The van der Waals surface area contributed by atoms with Crippen molar-refractivity contribution < 1.29 is 4.39 Å². The highest BCUT2D eigenvalue weighted by molar-refractivity contribution is 5.66. The molecule has 0 aliphatic heterocycles. The molecule has 0 fully saturated rings. The summed E-state index contributed by atoms with van der Waals surface area (Å²) in [6.07, 6.45) is 0.145. The molecular formula is C19H13FN2O. The molecule has 1 aromatic heterocycles. The van der Waals surface area contributed by atoms with E-state index in [4.69, 9.17) is 0 Å². The molecule has 3 rings (SSSR count). The number of nitrogens with one attached hydrogen (secondary N) is 1. The highest BCUT2D eigenvalue weighted by atomic mass is 19.1. The standard InChI is InChI=1S/C19H13FN2O/c20-17-9-5-4-8-14(17)10-15-11-16(12-21)18(22-19(15)23)13-6-2-1-3-7-13/h1-9,11H,10H2,(H,22,23). The predicted octanol–water partition coefficient (Wildman–Crippen LogP) is 3.64. The number of H-pyrrole nitrogens is 1. The average Bonchev–Trinajstić information content (AvgIpc) is 2.59. The monoisotopic (exact) mass is 304 g/mol. The Bertz CT molecular complexity index is 940. The Morgan fingerprint density at radius 1 is 1.00 bits per heavy atom. The number of nitriles is 1. The minimum Gasteiger partial charge on any atom is -0.321 e. The number of benzene rings is 2. The summed E-state index contributed by atoms with van der Waals surface area (Å²) < 4.78 is 13.8. The SMILES string of the molecule is N#Cc1cc(Cc2ccccc2F)c(=O)[nH]c1-c1ccccc1. The summed E-state index contributed by atoms with van der Waals surface area (Å²) in [5.74, 6) is -0.363. The van der Waals surface area contributed by atoms with Crippen molar-refractivity contribution in [1.82, 2.24) is 4.98 Å². The molecule has 0 radical (unpaired) electrons. The fourth-order valence-corrected chi connectivity index (χ4v) is 2.47. The molecule has 4 heteroatoms. The van der Waals surface area contributed by atoms with Gasteiger partial charge in [-0.2, -0.15) is 5.26 Å². The first-order valence-electron chi connectivity index (χ1n) is 7.14. The van der Waals surface area contributed by atoms with Gasteiger partial charge in [0.05, 0.1) is 11.3 Å². The van der Waals surface area contributed by atoms with Crippen molar-refractivity contribution in [1.29, 1.82) is 5.26 Å². The third-order valence-corrected chi connectivity index (χ3v) is 3.64. The Kier molecular flexibility index (Phi) is 4.03. The van der Waals surface area contributed by atoms with E-state index in [2.05, 4.69) is 11.1 Å². The van der Waals surface area contributed by atoms with Crippen molar-refractivity contribution in [3.05, 3.63) is 93.5 Å². The molecule has 0 saturated heterocycles. The van der Waals surface area contributed by atoms with Crippen molar-refractivity contribution >= 4 is 0 Å². The maximum atomic E-state index is 13.8. The van der Waals surface area contributed by atoms with Gasteiger partial charge in [0.15, 0.2) is 0 Å². The van der Waals surface area contributed by atoms with E-state index in [1.165, 1.54) is 12.1 Å². The van der Waals surface area contributed by atoms with Gasteiger partial charge in [-0.05, 0) is 23.3 Å². The van der Waals surface area contributed by atoms with E-state index in [-0.39, 0.29) is 17.8 Å². The van der Waals surface area contributed by atoms with Crippen molar-refractivity contribution in [2.75, 3.05) is 0 Å². The van der Waals surface area contributed by atoms with Crippen molar-refractivity contribution in [2.45, 2.75) is 6.42 Å². The molecule has 0 unspecified atom stereocenters. The summed E-state index contributed by atoms with van der Waals surface area (Å²) in [6, 6.07) is 19.1. The summed E-state index contributed by atoms with van der Waals surface area (Å²) in [5.41, 5.74) is 2.09. The molecule has 0 bridgehead atoms. The van der Waals surface area contributed by atoms with Gasteiger partial charge >= 0.3 is 0 Å². The number of hydrogen-bond acceptors (Lipinski definition) is 2. The van der Waals surface area contributed by atoms with Crippen LogP contribution in [0.4, 0.5) is 4.39 Å². The highest BCUT2D eigenvalue weighted by Crippen LogP contribution is 2.21. The molecule has 1 heterocycles. The van der Waals surface area contributed by atoms with Crippen molar-refractivity contribution in [3.63, 3.8) is 0 Å². The van der Waals surface area contributed by atoms with Gasteiger partial charge in [0.25, 0.3) is 5.56 Å². The van der Waals surface area contributed by atoms with Crippen LogP contribution in [0.2, 0.25) is 0 Å². The molecule has 23 heavy (non-hydrogen) atoms. The third kappa shape index (κ3) is 3.04. The van der Waals surface area contributed by atoms with Crippen LogP contribution in [-0.4, -0.2) is 4.98 Å². The molecule has 3 nitrogen and oxygen atoms in total. The minimum atomic E-state index is -0.363. The first-order valence-corrected chi connectivity index (χ1v) is 7.14. The fourth-order valence-electron chi connectivity index (χ4n) is 2.47. The second-order valence-electron chi connectivity index (χ2n) is 5.16. The summed E-state index contributed by atoms with van der Waals surface area (Å²) in [6.45, 7) is 0. The van der Waals surface area contributed by atoms with Crippen LogP contribution in [-0.2, 0) is 6.42 Å². The largest absolute Gasteiger partial charge is 0.321 e.